The first-order valence-electron chi connectivity index (χ1n) is 6.17. The van der Waals surface area contributed by atoms with Crippen molar-refractivity contribution in [3.8, 4) is 5.75 Å². The number of fused-ring (bicyclic) bond motifs is 1. The van der Waals surface area contributed by atoms with Crippen LogP contribution in [0.1, 0.15) is 25.7 Å². The number of benzene rings is 1. The molecule has 1 aromatic heterocycles. The summed E-state index contributed by atoms with van der Waals surface area (Å²) in [7, 11) is 0. The van der Waals surface area contributed by atoms with Crippen molar-refractivity contribution in [2.24, 2.45) is 5.73 Å². The van der Waals surface area contributed by atoms with Gasteiger partial charge in [0.05, 0.1) is 17.1 Å². The molecule has 0 saturated heterocycles. The van der Waals surface area contributed by atoms with Crippen LogP contribution in [0.3, 0.4) is 0 Å². The van der Waals surface area contributed by atoms with Crippen LogP contribution in [0.25, 0.3) is 10.9 Å². The predicted molar refractivity (Wildman–Crippen MR) is 74.2 cm³/mol. The Balaban J connectivity index is 0.00000120. The molecule has 1 aliphatic carbocycles. The number of hydrogen-bond acceptors (Lipinski definition) is 3. The fraction of sp³-hybridized carbons (Fsp3) is 0.462. The fourth-order valence-electron chi connectivity index (χ4n) is 2.51. The van der Waals surface area contributed by atoms with Crippen molar-refractivity contribution in [3.63, 3.8) is 0 Å². The van der Waals surface area contributed by atoms with E-state index in [1.165, 1.54) is 0 Å². The second-order valence-electron chi connectivity index (χ2n) is 4.75. The van der Waals surface area contributed by atoms with Gasteiger partial charge in [-0.1, -0.05) is 6.07 Å². The Hall–Kier alpha value is -1.26. The van der Waals surface area contributed by atoms with Gasteiger partial charge in [0, 0.05) is 6.04 Å². The van der Waals surface area contributed by atoms with E-state index >= 15 is 0 Å². The van der Waals surface area contributed by atoms with Gasteiger partial charge in [-0.15, -0.1) is 12.4 Å². The molecule has 2 aromatic rings. The normalized spacial score (nSPS) is 23.6. The zero-order chi connectivity index (χ0) is 11.7. The maximum absolute atomic E-state index is 6.06. The van der Waals surface area contributed by atoms with Crippen LogP contribution in [0.4, 0.5) is 0 Å². The number of nitrogens with two attached hydrogens (primary N) is 1. The smallest absolute Gasteiger partial charge is 0.130 e. The molecule has 4 nitrogen and oxygen atoms in total. The molecule has 0 amide bonds. The molecule has 98 valence electrons. The number of ether oxygens (including phenoxy) is 1. The molecule has 2 atom stereocenters. The summed E-state index contributed by atoms with van der Waals surface area (Å²) >= 11 is 0. The number of aromatic nitrogens is 2. The van der Waals surface area contributed by atoms with Crippen molar-refractivity contribution in [1.82, 2.24) is 10.2 Å². The molecule has 3 rings (SSSR count). The molecule has 1 heterocycles. The van der Waals surface area contributed by atoms with Crippen LogP contribution in [0.15, 0.2) is 24.4 Å². The van der Waals surface area contributed by atoms with E-state index in [-0.39, 0.29) is 24.6 Å². The highest BCUT2D eigenvalue weighted by Gasteiger charge is 2.21. The molecule has 3 N–H and O–H groups in total. The molecule has 1 fully saturated rings. The maximum atomic E-state index is 6.06. The third-order valence-electron chi connectivity index (χ3n) is 3.41. The van der Waals surface area contributed by atoms with Crippen molar-refractivity contribution in [3.05, 3.63) is 24.4 Å². The first kappa shape index (κ1) is 13.2. The second kappa shape index (κ2) is 5.59. The summed E-state index contributed by atoms with van der Waals surface area (Å²) in [6, 6.07) is 6.27. The number of H-pyrrole nitrogens is 1. The van der Waals surface area contributed by atoms with Crippen LogP contribution in [-0.4, -0.2) is 22.3 Å². The minimum atomic E-state index is 0. The highest BCUT2D eigenvalue weighted by atomic mass is 35.5. The topological polar surface area (TPSA) is 63.9 Å². The Labute approximate surface area is 112 Å². The summed E-state index contributed by atoms with van der Waals surface area (Å²) in [5.74, 6) is 0.912. The lowest BCUT2D eigenvalue weighted by Gasteiger charge is -2.27. The Morgan fingerprint density at radius 3 is 3.06 bits per heavy atom. The number of halogens is 1. The summed E-state index contributed by atoms with van der Waals surface area (Å²) in [5.41, 5.74) is 6.99. The van der Waals surface area contributed by atoms with Crippen LogP contribution in [0.5, 0.6) is 5.75 Å². The van der Waals surface area contributed by atoms with E-state index in [0.29, 0.717) is 0 Å². The van der Waals surface area contributed by atoms with Gasteiger partial charge >= 0.3 is 0 Å². The maximum Gasteiger partial charge on any atom is 0.130 e. The molecule has 0 unspecified atom stereocenters. The number of rotatable bonds is 2. The van der Waals surface area contributed by atoms with Crippen LogP contribution in [-0.2, 0) is 0 Å². The van der Waals surface area contributed by atoms with E-state index in [4.69, 9.17) is 10.5 Å². The lowest BCUT2D eigenvalue weighted by molar-refractivity contribution is 0.146. The Morgan fingerprint density at radius 2 is 2.22 bits per heavy atom. The predicted octanol–water partition coefficient (Wildman–Crippen LogP) is 2.63. The van der Waals surface area contributed by atoms with Gasteiger partial charge in [-0.3, -0.25) is 5.10 Å². The zero-order valence-electron chi connectivity index (χ0n) is 10.1. The van der Waals surface area contributed by atoms with Crippen molar-refractivity contribution in [2.45, 2.75) is 37.8 Å². The molecular weight excluding hydrogens is 250 g/mol. The van der Waals surface area contributed by atoms with E-state index < -0.39 is 0 Å². The molecule has 5 heteroatoms. The average Bonchev–Trinajstić information content (AvgIpc) is 2.78. The van der Waals surface area contributed by atoms with Crippen LogP contribution in [0, 0.1) is 0 Å². The summed E-state index contributed by atoms with van der Waals surface area (Å²) in [4.78, 5) is 0. The first-order valence-corrected chi connectivity index (χ1v) is 6.17. The highest BCUT2D eigenvalue weighted by Crippen LogP contribution is 2.28. The summed E-state index contributed by atoms with van der Waals surface area (Å²) in [5, 5.41) is 8.04. The highest BCUT2D eigenvalue weighted by molar-refractivity contribution is 5.85. The van der Waals surface area contributed by atoms with Crippen molar-refractivity contribution in [1.29, 1.82) is 0 Å². The van der Waals surface area contributed by atoms with Gasteiger partial charge in [-0.05, 0) is 37.8 Å². The summed E-state index contributed by atoms with van der Waals surface area (Å²) in [6.07, 6.45) is 6.39. The number of nitrogens with zero attached hydrogens (tertiary/aromatic N) is 1. The first-order chi connectivity index (χ1) is 8.33. The van der Waals surface area contributed by atoms with Crippen molar-refractivity contribution >= 4 is 23.3 Å². The fourth-order valence-corrected chi connectivity index (χ4v) is 2.51. The molecule has 1 saturated carbocycles. The van der Waals surface area contributed by atoms with Gasteiger partial charge in [0.1, 0.15) is 11.9 Å². The monoisotopic (exact) mass is 267 g/mol. The molecule has 1 aliphatic rings. The Bertz CT molecular complexity index is 514. The number of aromatic amines is 1. The SMILES string of the molecule is Cl.N[C@H]1CCC[C@H](Oc2cccc3[nH]ncc23)C1. The van der Waals surface area contributed by atoms with E-state index in [0.717, 1.165) is 42.3 Å². The lowest BCUT2D eigenvalue weighted by Crippen LogP contribution is -2.33. The zero-order valence-corrected chi connectivity index (χ0v) is 11.0. The molecular formula is C13H18ClN3O. The number of hydrogen-bond donors (Lipinski definition) is 2. The minimum absolute atomic E-state index is 0. The second-order valence-corrected chi connectivity index (χ2v) is 4.75. The largest absolute Gasteiger partial charge is 0.490 e. The van der Waals surface area contributed by atoms with Crippen LogP contribution in [0.2, 0.25) is 0 Å². The van der Waals surface area contributed by atoms with Gasteiger partial charge in [0.25, 0.3) is 0 Å². The van der Waals surface area contributed by atoms with E-state index in [2.05, 4.69) is 10.2 Å². The van der Waals surface area contributed by atoms with E-state index in [9.17, 15) is 0 Å². The summed E-state index contributed by atoms with van der Waals surface area (Å²) < 4.78 is 6.06. The van der Waals surface area contributed by atoms with Gasteiger partial charge in [0.15, 0.2) is 0 Å². The molecule has 1 aromatic carbocycles. The van der Waals surface area contributed by atoms with Crippen molar-refractivity contribution in [2.75, 3.05) is 0 Å². The molecule has 0 aliphatic heterocycles. The van der Waals surface area contributed by atoms with Gasteiger partial charge in [-0.25, -0.2) is 0 Å². The Kier molecular flexibility index (Phi) is 4.09. The molecule has 18 heavy (non-hydrogen) atoms. The van der Waals surface area contributed by atoms with E-state index in [1.54, 1.807) is 0 Å². The lowest BCUT2D eigenvalue weighted by atomic mass is 9.93. The molecule has 0 radical (unpaired) electrons. The van der Waals surface area contributed by atoms with Gasteiger partial charge in [0.2, 0.25) is 0 Å². The van der Waals surface area contributed by atoms with Crippen molar-refractivity contribution < 1.29 is 4.74 Å². The van der Waals surface area contributed by atoms with E-state index in [1.807, 2.05) is 24.4 Å². The summed E-state index contributed by atoms with van der Waals surface area (Å²) in [6.45, 7) is 0. The standard InChI is InChI=1S/C13H17N3O.ClH/c14-9-3-1-4-10(7-9)17-13-6-2-5-12-11(13)8-15-16-12;/h2,5-6,8-10H,1,3-4,7,14H2,(H,15,16);1H/t9-,10-;/m0./s1. The van der Waals surface area contributed by atoms with Crippen LogP contribution < -0.4 is 10.5 Å². The minimum Gasteiger partial charge on any atom is -0.490 e. The molecule has 0 spiro atoms. The van der Waals surface area contributed by atoms with Gasteiger partial charge in [-0.2, -0.15) is 5.10 Å². The Morgan fingerprint density at radius 1 is 1.33 bits per heavy atom. The third kappa shape index (κ3) is 2.60. The quantitative estimate of drug-likeness (QED) is 0.879. The number of nitrogens with one attached hydrogen (secondary N) is 1. The van der Waals surface area contributed by atoms with Crippen LogP contribution >= 0.6 is 12.4 Å². The van der Waals surface area contributed by atoms with Gasteiger partial charge < -0.3 is 10.5 Å². The molecule has 0 bridgehead atoms. The third-order valence-corrected chi connectivity index (χ3v) is 3.41. The average molecular weight is 268 g/mol.